The lowest BCUT2D eigenvalue weighted by Crippen LogP contribution is -2.50. The van der Waals surface area contributed by atoms with Gasteiger partial charge >= 0.3 is 0 Å². The Labute approximate surface area is 147 Å². The Morgan fingerprint density at radius 2 is 2.16 bits per heavy atom. The molecular formula is C18H24N4O3. The van der Waals surface area contributed by atoms with Gasteiger partial charge in [-0.25, -0.2) is 4.98 Å². The van der Waals surface area contributed by atoms with Crippen LogP contribution in [0.2, 0.25) is 0 Å². The quantitative estimate of drug-likeness (QED) is 0.759. The molecule has 1 N–H and O–H groups in total. The minimum absolute atomic E-state index is 0.0192. The number of hydrogen-bond donors (Lipinski definition) is 1. The third-order valence-corrected chi connectivity index (χ3v) is 4.19. The van der Waals surface area contributed by atoms with Gasteiger partial charge < -0.3 is 24.3 Å². The number of aromatic nitrogens is 2. The third kappa shape index (κ3) is 4.58. The Morgan fingerprint density at radius 1 is 1.32 bits per heavy atom. The summed E-state index contributed by atoms with van der Waals surface area (Å²) in [5, 5.41) is 3.32. The second-order valence-corrected chi connectivity index (χ2v) is 5.92. The maximum atomic E-state index is 12.5. The fraction of sp³-hybridized carbons (Fsp3) is 0.444. The molecule has 1 aromatic carbocycles. The molecule has 0 aliphatic carbocycles. The summed E-state index contributed by atoms with van der Waals surface area (Å²) >= 11 is 0. The van der Waals surface area contributed by atoms with Crippen LogP contribution in [0.3, 0.4) is 0 Å². The summed E-state index contributed by atoms with van der Waals surface area (Å²) in [6.07, 6.45) is 3.65. The van der Waals surface area contributed by atoms with Gasteiger partial charge in [0.2, 0.25) is 5.91 Å². The lowest BCUT2D eigenvalue weighted by molar-refractivity contribution is -0.140. The highest BCUT2D eigenvalue weighted by molar-refractivity contribution is 5.78. The highest BCUT2D eigenvalue weighted by Crippen LogP contribution is 2.20. The first-order valence-corrected chi connectivity index (χ1v) is 8.48. The predicted molar refractivity (Wildman–Crippen MR) is 93.3 cm³/mol. The van der Waals surface area contributed by atoms with Crippen LogP contribution in [-0.4, -0.2) is 59.8 Å². The van der Waals surface area contributed by atoms with Crippen molar-refractivity contribution in [2.75, 3.05) is 39.5 Å². The average Bonchev–Trinajstić information content (AvgIpc) is 3.08. The number of hydrogen-bond acceptors (Lipinski definition) is 5. The molecule has 2 heterocycles. The van der Waals surface area contributed by atoms with E-state index in [4.69, 9.17) is 9.47 Å². The standard InChI is InChI=1S/C18H24N4O3/c1-21-9-8-20-18(21)16-13-19-7-10-22(16)17(23)14-24-11-12-25-15-5-3-2-4-6-15/h2-6,8-9,16,19H,7,10-14H2,1H3. The molecule has 1 unspecified atom stereocenters. The van der Waals surface area contributed by atoms with E-state index in [1.54, 1.807) is 6.20 Å². The summed E-state index contributed by atoms with van der Waals surface area (Å²) in [7, 11) is 1.94. The van der Waals surface area contributed by atoms with Gasteiger partial charge in [0.1, 0.15) is 30.8 Å². The van der Waals surface area contributed by atoms with Gasteiger partial charge in [0.25, 0.3) is 0 Å². The van der Waals surface area contributed by atoms with E-state index in [1.165, 1.54) is 0 Å². The van der Waals surface area contributed by atoms with Gasteiger partial charge in [-0.1, -0.05) is 18.2 Å². The van der Waals surface area contributed by atoms with Crippen molar-refractivity contribution in [2.45, 2.75) is 6.04 Å². The summed E-state index contributed by atoms with van der Waals surface area (Å²) in [6.45, 7) is 2.98. The fourth-order valence-electron chi connectivity index (χ4n) is 2.91. The van der Waals surface area contributed by atoms with Crippen molar-refractivity contribution >= 4 is 5.91 Å². The number of piperazine rings is 1. The first kappa shape index (κ1) is 17.4. The zero-order valence-corrected chi connectivity index (χ0v) is 14.4. The molecule has 3 rings (SSSR count). The van der Waals surface area contributed by atoms with Gasteiger partial charge in [0, 0.05) is 39.1 Å². The zero-order valence-electron chi connectivity index (χ0n) is 14.4. The van der Waals surface area contributed by atoms with Crippen LogP contribution < -0.4 is 10.1 Å². The highest BCUT2D eigenvalue weighted by atomic mass is 16.5. The number of para-hydroxylation sites is 1. The summed E-state index contributed by atoms with van der Waals surface area (Å²) in [5.41, 5.74) is 0. The van der Waals surface area contributed by atoms with Gasteiger partial charge in [-0.15, -0.1) is 0 Å². The number of nitrogens with zero attached hydrogens (tertiary/aromatic N) is 3. The van der Waals surface area contributed by atoms with Crippen molar-refractivity contribution in [3.8, 4) is 5.75 Å². The van der Waals surface area contributed by atoms with E-state index in [1.807, 2.05) is 53.0 Å². The molecule has 134 valence electrons. The largest absolute Gasteiger partial charge is 0.491 e. The van der Waals surface area contributed by atoms with E-state index < -0.39 is 0 Å². The van der Waals surface area contributed by atoms with Crippen LogP contribution in [0, 0.1) is 0 Å². The molecule has 0 bridgehead atoms. The van der Waals surface area contributed by atoms with E-state index in [0.717, 1.165) is 18.1 Å². The number of rotatable bonds is 7. The molecule has 1 amide bonds. The first-order valence-electron chi connectivity index (χ1n) is 8.48. The van der Waals surface area contributed by atoms with E-state index in [0.29, 0.717) is 26.3 Å². The molecular weight excluding hydrogens is 320 g/mol. The maximum Gasteiger partial charge on any atom is 0.249 e. The number of carbonyl (C=O) groups excluding carboxylic acids is 1. The molecule has 0 spiro atoms. The summed E-state index contributed by atoms with van der Waals surface area (Å²) in [4.78, 5) is 18.8. The number of nitrogens with one attached hydrogen (secondary N) is 1. The lowest BCUT2D eigenvalue weighted by Gasteiger charge is -2.35. The van der Waals surface area contributed by atoms with Gasteiger partial charge in [-0.05, 0) is 12.1 Å². The molecule has 1 aliphatic rings. The van der Waals surface area contributed by atoms with Crippen molar-refractivity contribution in [3.05, 3.63) is 48.5 Å². The Morgan fingerprint density at radius 3 is 2.92 bits per heavy atom. The van der Waals surface area contributed by atoms with Crippen LogP contribution in [0.5, 0.6) is 5.75 Å². The van der Waals surface area contributed by atoms with E-state index in [9.17, 15) is 4.79 Å². The van der Waals surface area contributed by atoms with Crippen molar-refractivity contribution < 1.29 is 14.3 Å². The molecule has 7 heteroatoms. The fourth-order valence-corrected chi connectivity index (χ4v) is 2.91. The molecule has 1 fully saturated rings. The van der Waals surface area contributed by atoms with Gasteiger partial charge in [0.15, 0.2) is 0 Å². The zero-order chi connectivity index (χ0) is 17.5. The average molecular weight is 344 g/mol. The van der Waals surface area contributed by atoms with Crippen molar-refractivity contribution in [2.24, 2.45) is 7.05 Å². The molecule has 7 nitrogen and oxygen atoms in total. The molecule has 2 aromatic rings. The molecule has 1 aliphatic heterocycles. The Hall–Kier alpha value is -2.38. The Balaban J connectivity index is 1.45. The number of carbonyl (C=O) groups is 1. The first-order chi connectivity index (χ1) is 12.3. The molecule has 25 heavy (non-hydrogen) atoms. The highest BCUT2D eigenvalue weighted by Gasteiger charge is 2.30. The van der Waals surface area contributed by atoms with Crippen LogP contribution in [0.1, 0.15) is 11.9 Å². The number of ether oxygens (including phenoxy) is 2. The molecule has 0 radical (unpaired) electrons. The number of amides is 1. The topological polar surface area (TPSA) is 68.6 Å². The van der Waals surface area contributed by atoms with E-state index >= 15 is 0 Å². The minimum Gasteiger partial charge on any atom is -0.491 e. The SMILES string of the molecule is Cn1ccnc1C1CNCCN1C(=O)COCCOc1ccccc1. The maximum absolute atomic E-state index is 12.5. The lowest BCUT2D eigenvalue weighted by atomic mass is 10.1. The van der Waals surface area contributed by atoms with Gasteiger partial charge in [0.05, 0.1) is 6.61 Å². The van der Waals surface area contributed by atoms with Crippen molar-refractivity contribution in [1.82, 2.24) is 19.8 Å². The van der Waals surface area contributed by atoms with Gasteiger partial charge in [-0.2, -0.15) is 0 Å². The molecule has 1 aromatic heterocycles. The van der Waals surface area contributed by atoms with Crippen LogP contribution in [0.15, 0.2) is 42.7 Å². The number of imidazole rings is 1. The minimum atomic E-state index is -0.0644. The summed E-state index contributed by atoms with van der Waals surface area (Å²) in [5.74, 6) is 1.66. The summed E-state index contributed by atoms with van der Waals surface area (Å²) < 4.78 is 13.0. The molecule has 1 atom stereocenters. The van der Waals surface area contributed by atoms with Crippen LogP contribution in [0.4, 0.5) is 0 Å². The summed E-state index contributed by atoms with van der Waals surface area (Å²) in [6, 6.07) is 9.50. The van der Waals surface area contributed by atoms with E-state index in [2.05, 4.69) is 10.3 Å². The molecule has 1 saturated heterocycles. The van der Waals surface area contributed by atoms with Crippen molar-refractivity contribution in [3.63, 3.8) is 0 Å². The number of aryl methyl sites for hydroxylation is 1. The monoisotopic (exact) mass is 344 g/mol. The van der Waals surface area contributed by atoms with Crippen LogP contribution in [-0.2, 0) is 16.6 Å². The second-order valence-electron chi connectivity index (χ2n) is 5.92. The Kier molecular flexibility index (Phi) is 6.03. The Bertz CT molecular complexity index is 674. The van der Waals surface area contributed by atoms with Crippen LogP contribution in [0.25, 0.3) is 0 Å². The number of benzene rings is 1. The smallest absolute Gasteiger partial charge is 0.249 e. The normalized spacial score (nSPS) is 17.5. The van der Waals surface area contributed by atoms with Crippen molar-refractivity contribution in [1.29, 1.82) is 0 Å². The molecule has 0 saturated carbocycles. The van der Waals surface area contributed by atoms with E-state index in [-0.39, 0.29) is 18.6 Å². The second kappa shape index (κ2) is 8.64. The van der Waals surface area contributed by atoms with Gasteiger partial charge in [-0.3, -0.25) is 4.79 Å². The van der Waals surface area contributed by atoms with Crippen LogP contribution >= 0.6 is 0 Å². The third-order valence-electron chi connectivity index (χ3n) is 4.19. The predicted octanol–water partition coefficient (Wildman–Crippen LogP) is 0.989.